The number of aryl methyl sites for hydroxylation is 2. The number of benzene rings is 1. The van der Waals surface area contributed by atoms with Gasteiger partial charge in [-0.2, -0.15) is 0 Å². The van der Waals surface area contributed by atoms with E-state index >= 15 is 0 Å². The minimum Gasteiger partial charge on any atom is -0.496 e. The highest BCUT2D eigenvalue weighted by Gasteiger charge is 2.10. The quantitative estimate of drug-likeness (QED) is 0.908. The number of rotatable bonds is 3. The van der Waals surface area contributed by atoms with E-state index < -0.39 is 0 Å². The van der Waals surface area contributed by atoms with Crippen LogP contribution in [0, 0.1) is 13.8 Å². The highest BCUT2D eigenvalue weighted by Crippen LogP contribution is 2.31. The molecule has 2 N–H and O–H groups in total. The van der Waals surface area contributed by atoms with Crippen molar-refractivity contribution in [3.63, 3.8) is 0 Å². The number of hydrogen-bond donors (Lipinski definition) is 1. The van der Waals surface area contributed by atoms with Crippen molar-refractivity contribution in [1.29, 1.82) is 0 Å². The van der Waals surface area contributed by atoms with Gasteiger partial charge < -0.3 is 10.5 Å². The van der Waals surface area contributed by atoms with Crippen LogP contribution in [-0.2, 0) is 6.54 Å². The monoisotopic (exact) mass is 248 g/mol. The van der Waals surface area contributed by atoms with E-state index in [4.69, 9.17) is 10.5 Å². The van der Waals surface area contributed by atoms with Gasteiger partial charge in [-0.05, 0) is 37.1 Å². The topological polar surface area (TPSA) is 48.1 Å². The summed E-state index contributed by atoms with van der Waals surface area (Å²) in [5, 5.41) is 3.03. The highest BCUT2D eigenvalue weighted by atomic mass is 32.1. The van der Waals surface area contributed by atoms with E-state index in [1.54, 1.807) is 18.4 Å². The molecule has 3 nitrogen and oxygen atoms in total. The van der Waals surface area contributed by atoms with Gasteiger partial charge in [0.1, 0.15) is 10.8 Å². The molecule has 0 bridgehead atoms. The summed E-state index contributed by atoms with van der Waals surface area (Å²) in [7, 11) is 1.69. The minimum atomic E-state index is 0.491. The third kappa shape index (κ3) is 2.33. The Morgan fingerprint density at radius 2 is 2.06 bits per heavy atom. The fourth-order valence-electron chi connectivity index (χ4n) is 1.76. The van der Waals surface area contributed by atoms with Crippen LogP contribution in [0.5, 0.6) is 5.75 Å². The number of nitrogens with two attached hydrogens (primary N) is 1. The van der Waals surface area contributed by atoms with Gasteiger partial charge in [0.05, 0.1) is 12.8 Å². The maximum atomic E-state index is 5.58. The molecule has 0 unspecified atom stereocenters. The van der Waals surface area contributed by atoms with Crippen molar-refractivity contribution in [1.82, 2.24) is 4.98 Å². The zero-order valence-corrected chi connectivity index (χ0v) is 11.1. The molecule has 4 heteroatoms. The molecular formula is C13H16N2OS. The van der Waals surface area contributed by atoms with Crippen LogP contribution in [0.2, 0.25) is 0 Å². The maximum absolute atomic E-state index is 5.58. The smallest absolute Gasteiger partial charge is 0.123 e. The van der Waals surface area contributed by atoms with Crippen LogP contribution in [-0.4, -0.2) is 12.1 Å². The number of nitrogens with zero attached hydrogens (tertiary/aromatic N) is 1. The van der Waals surface area contributed by atoms with Gasteiger partial charge in [0, 0.05) is 17.5 Å². The van der Waals surface area contributed by atoms with Crippen LogP contribution in [0.3, 0.4) is 0 Å². The normalized spacial score (nSPS) is 10.6. The molecule has 0 aliphatic rings. The second-order valence-electron chi connectivity index (χ2n) is 3.98. The van der Waals surface area contributed by atoms with Crippen molar-refractivity contribution in [3.8, 4) is 16.3 Å². The molecule has 1 aromatic carbocycles. The molecule has 2 rings (SSSR count). The van der Waals surface area contributed by atoms with Crippen molar-refractivity contribution in [2.45, 2.75) is 20.4 Å². The SMILES string of the molecule is COc1cc(C)c(-c2nc(CN)cs2)cc1C. The number of aromatic nitrogens is 1. The van der Waals surface area contributed by atoms with Gasteiger partial charge in [-0.1, -0.05) is 0 Å². The zero-order valence-electron chi connectivity index (χ0n) is 10.3. The second-order valence-corrected chi connectivity index (χ2v) is 4.84. The fourth-order valence-corrected chi connectivity index (χ4v) is 2.68. The summed E-state index contributed by atoms with van der Waals surface area (Å²) < 4.78 is 5.31. The molecule has 17 heavy (non-hydrogen) atoms. The molecule has 1 aromatic heterocycles. The Hall–Kier alpha value is -1.39. The Labute approximate surface area is 105 Å². The van der Waals surface area contributed by atoms with Gasteiger partial charge >= 0.3 is 0 Å². The first-order valence-corrected chi connectivity index (χ1v) is 6.33. The number of thiazole rings is 1. The summed E-state index contributed by atoms with van der Waals surface area (Å²) in [6, 6.07) is 4.17. The summed E-state index contributed by atoms with van der Waals surface area (Å²) in [6.45, 7) is 4.60. The van der Waals surface area contributed by atoms with E-state index in [0.717, 1.165) is 27.6 Å². The Kier molecular flexibility index (Phi) is 3.45. The van der Waals surface area contributed by atoms with Crippen molar-refractivity contribution in [2.75, 3.05) is 7.11 Å². The summed E-state index contributed by atoms with van der Waals surface area (Å²) in [5.41, 5.74) is 9.98. The molecule has 0 atom stereocenters. The van der Waals surface area contributed by atoms with Crippen LogP contribution in [0.25, 0.3) is 10.6 Å². The van der Waals surface area contributed by atoms with Crippen LogP contribution >= 0.6 is 11.3 Å². The molecule has 0 saturated heterocycles. The largest absolute Gasteiger partial charge is 0.496 e. The summed E-state index contributed by atoms with van der Waals surface area (Å²) >= 11 is 1.63. The minimum absolute atomic E-state index is 0.491. The van der Waals surface area contributed by atoms with E-state index in [9.17, 15) is 0 Å². The number of hydrogen-bond acceptors (Lipinski definition) is 4. The third-order valence-corrected chi connectivity index (χ3v) is 3.66. The van der Waals surface area contributed by atoms with Crippen LogP contribution in [0.4, 0.5) is 0 Å². The predicted octanol–water partition coefficient (Wildman–Crippen LogP) is 2.89. The van der Waals surface area contributed by atoms with Crippen LogP contribution < -0.4 is 10.5 Å². The molecule has 0 fully saturated rings. The van der Waals surface area contributed by atoms with Gasteiger partial charge in [0.25, 0.3) is 0 Å². The fraction of sp³-hybridized carbons (Fsp3) is 0.308. The van der Waals surface area contributed by atoms with Crippen molar-refractivity contribution in [2.24, 2.45) is 5.73 Å². The van der Waals surface area contributed by atoms with Crippen molar-refractivity contribution < 1.29 is 4.74 Å². The molecule has 1 heterocycles. The summed E-state index contributed by atoms with van der Waals surface area (Å²) in [5.74, 6) is 0.918. The standard InChI is InChI=1S/C13H16N2OS/c1-8-5-12(16-3)9(2)4-11(8)13-15-10(6-14)7-17-13/h4-5,7H,6,14H2,1-3H3. The van der Waals surface area contributed by atoms with Gasteiger partial charge in [0.2, 0.25) is 0 Å². The van der Waals surface area contributed by atoms with Gasteiger partial charge in [-0.25, -0.2) is 4.98 Å². The number of methoxy groups -OCH3 is 1. The highest BCUT2D eigenvalue weighted by molar-refractivity contribution is 7.13. The van der Waals surface area contributed by atoms with E-state index in [0.29, 0.717) is 6.54 Å². The van der Waals surface area contributed by atoms with Gasteiger partial charge in [-0.15, -0.1) is 11.3 Å². The van der Waals surface area contributed by atoms with Gasteiger partial charge in [0.15, 0.2) is 0 Å². The third-order valence-electron chi connectivity index (χ3n) is 2.73. The van der Waals surface area contributed by atoms with E-state index in [1.807, 2.05) is 18.4 Å². The van der Waals surface area contributed by atoms with Crippen LogP contribution in [0.1, 0.15) is 16.8 Å². The molecule has 0 saturated carbocycles. The zero-order chi connectivity index (χ0) is 12.4. The molecule has 0 aliphatic carbocycles. The first-order chi connectivity index (χ1) is 8.15. The maximum Gasteiger partial charge on any atom is 0.123 e. The van der Waals surface area contributed by atoms with Gasteiger partial charge in [-0.3, -0.25) is 0 Å². The number of ether oxygens (including phenoxy) is 1. The molecular weight excluding hydrogens is 232 g/mol. The molecule has 2 aromatic rings. The average Bonchev–Trinajstić information content (AvgIpc) is 2.80. The summed E-state index contributed by atoms with van der Waals surface area (Å²) in [6.07, 6.45) is 0. The average molecular weight is 248 g/mol. The second kappa shape index (κ2) is 4.85. The molecule has 0 amide bonds. The Balaban J connectivity index is 2.48. The molecule has 0 radical (unpaired) electrons. The van der Waals surface area contributed by atoms with Crippen LogP contribution in [0.15, 0.2) is 17.5 Å². The van der Waals surface area contributed by atoms with E-state index in [1.165, 1.54) is 5.56 Å². The Morgan fingerprint density at radius 3 is 2.65 bits per heavy atom. The first kappa shape index (κ1) is 12.1. The molecule has 90 valence electrons. The lowest BCUT2D eigenvalue weighted by atomic mass is 10.1. The lowest BCUT2D eigenvalue weighted by Crippen LogP contribution is -1.96. The van der Waals surface area contributed by atoms with Crippen molar-refractivity contribution in [3.05, 3.63) is 34.3 Å². The Morgan fingerprint density at radius 1 is 1.29 bits per heavy atom. The Bertz CT molecular complexity index is 534. The van der Waals surface area contributed by atoms with Crippen molar-refractivity contribution >= 4 is 11.3 Å². The summed E-state index contributed by atoms with van der Waals surface area (Å²) in [4.78, 5) is 4.51. The van der Waals surface area contributed by atoms with E-state index in [2.05, 4.69) is 18.0 Å². The van der Waals surface area contributed by atoms with E-state index in [-0.39, 0.29) is 0 Å². The molecule has 0 spiro atoms. The predicted molar refractivity (Wildman–Crippen MR) is 71.5 cm³/mol. The first-order valence-electron chi connectivity index (χ1n) is 5.45. The molecule has 0 aliphatic heterocycles. The lowest BCUT2D eigenvalue weighted by molar-refractivity contribution is 0.411. The lowest BCUT2D eigenvalue weighted by Gasteiger charge is -2.09.